The minimum Gasteiger partial charge on any atom is -0.279 e. The zero-order chi connectivity index (χ0) is 14.8. The molecule has 104 valence electrons. The van der Waals surface area contributed by atoms with E-state index in [9.17, 15) is 18.5 Å². The van der Waals surface area contributed by atoms with E-state index in [2.05, 4.69) is 4.72 Å². The number of anilines is 1. The molecule has 0 fully saturated rings. The Bertz CT molecular complexity index is 756. The van der Waals surface area contributed by atoms with Crippen LogP contribution in [0.15, 0.2) is 53.4 Å². The van der Waals surface area contributed by atoms with E-state index in [-0.39, 0.29) is 4.90 Å². The summed E-state index contributed by atoms with van der Waals surface area (Å²) in [6, 6.07) is 12.0. The number of benzene rings is 2. The number of nitrogens with zero attached hydrogens (tertiary/aromatic N) is 1. The number of sulfonamides is 1. The predicted octanol–water partition coefficient (Wildman–Crippen LogP) is 2.70. The lowest BCUT2D eigenvalue weighted by Crippen LogP contribution is -2.14. The molecular weight excluding hydrogens is 280 g/mol. The molecule has 0 unspecified atom stereocenters. The number of hydrogen-bond donors (Lipinski definition) is 1. The Morgan fingerprint density at radius 1 is 1.10 bits per heavy atom. The molecule has 0 aliphatic rings. The van der Waals surface area contributed by atoms with Crippen LogP contribution in [0.3, 0.4) is 0 Å². The fourth-order valence-electron chi connectivity index (χ4n) is 1.75. The molecule has 0 atom stereocenters. The van der Waals surface area contributed by atoms with Gasteiger partial charge in [-0.1, -0.05) is 24.3 Å². The van der Waals surface area contributed by atoms with Gasteiger partial charge in [0.15, 0.2) is 4.90 Å². The first-order valence-corrected chi connectivity index (χ1v) is 7.21. The number of nitro benzene ring substituents is 1. The summed E-state index contributed by atoms with van der Waals surface area (Å²) >= 11 is 0. The first-order valence-electron chi connectivity index (χ1n) is 5.73. The lowest BCUT2D eigenvalue weighted by Gasteiger charge is -2.08. The lowest BCUT2D eigenvalue weighted by atomic mass is 10.2. The first kappa shape index (κ1) is 14.0. The molecule has 2 aromatic carbocycles. The van der Waals surface area contributed by atoms with Gasteiger partial charge >= 0.3 is 0 Å². The summed E-state index contributed by atoms with van der Waals surface area (Å²) in [5.74, 6) is 0. The summed E-state index contributed by atoms with van der Waals surface area (Å²) in [5.41, 5.74) is 0.795. The van der Waals surface area contributed by atoms with Gasteiger partial charge in [0.25, 0.3) is 15.7 Å². The lowest BCUT2D eigenvalue weighted by molar-refractivity contribution is -0.387. The molecule has 0 saturated carbocycles. The topological polar surface area (TPSA) is 89.3 Å². The molecule has 0 saturated heterocycles. The highest BCUT2D eigenvalue weighted by Gasteiger charge is 2.24. The molecular formula is C13H12N2O4S. The van der Waals surface area contributed by atoms with Gasteiger partial charge < -0.3 is 0 Å². The third-order valence-electron chi connectivity index (χ3n) is 2.62. The van der Waals surface area contributed by atoms with Gasteiger partial charge in [-0.25, -0.2) is 8.42 Å². The van der Waals surface area contributed by atoms with Crippen LogP contribution in [0.4, 0.5) is 11.4 Å². The molecule has 7 heteroatoms. The van der Waals surface area contributed by atoms with Crippen LogP contribution < -0.4 is 4.72 Å². The van der Waals surface area contributed by atoms with Gasteiger partial charge in [0, 0.05) is 11.8 Å². The van der Waals surface area contributed by atoms with Crippen molar-refractivity contribution in [3.8, 4) is 0 Å². The van der Waals surface area contributed by atoms with E-state index in [0.717, 1.165) is 11.6 Å². The van der Waals surface area contributed by atoms with Crippen LogP contribution in [0.5, 0.6) is 0 Å². The standard InChI is InChI=1S/C13H12N2O4S/c1-10-5-4-6-11(9-10)14-20(18,19)13-8-3-2-7-12(13)15(16)17/h2-9,14H,1H3. The normalized spacial score (nSPS) is 11.1. The van der Waals surface area contributed by atoms with Crippen molar-refractivity contribution in [3.63, 3.8) is 0 Å². The quantitative estimate of drug-likeness (QED) is 0.693. The van der Waals surface area contributed by atoms with E-state index in [1.165, 1.54) is 18.2 Å². The number of aryl methyl sites for hydroxylation is 1. The van der Waals surface area contributed by atoms with Crippen molar-refractivity contribution in [3.05, 3.63) is 64.2 Å². The minimum atomic E-state index is -4.00. The summed E-state index contributed by atoms with van der Waals surface area (Å²) < 4.78 is 26.8. The number of nitrogens with one attached hydrogen (secondary N) is 1. The molecule has 2 rings (SSSR count). The first-order chi connectivity index (χ1) is 9.40. The average molecular weight is 292 g/mol. The molecule has 0 spiro atoms. The van der Waals surface area contributed by atoms with Crippen molar-refractivity contribution in [1.29, 1.82) is 0 Å². The van der Waals surface area contributed by atoms with Crippen molar-refractivity contribution in [2.24, 2.45) is 0 Å². The maximum absolute atomic E-state index is 12.2. The Labute approximate surface area is 116 Å². The third-order valence-corrected chi connectivity index (χ3v) is 4.05. The molecule has 2 aromatic rings. The third kappa shape index (κ3) is 2.94. The molecule has 1 N–H and O–H groups in total. The molecule has 0 aliphatic carbocycles. The molecule has 20 heavy (non-hydrogen) atoms. The SMILES string of the molecule is Cc1cccc(NS(=O)(=O)c2ccccc2[N+](=O)[O-])c1. The Morgan fingerprint density at radius 3 is 2.45 bits per heavy atom. The van der Waals surface area contributed by atoms with E-state index < -0.39 is 20.6 Å². The summed E-state index contributed by atoms with van der Waals surface area (Å²) in [5, 5.41) is 10.9. The van der Waals surface area contributed by atoms with E-state index in [1.807, 2.05) is 13.0 Å². The summed E-state index contributed by atoms with van der Waals surface area (Å²) in [6.07, 6.45) is 0. The molecule has 0 radical (unpaired) electrons. The van der Waals surface area contributed by atoms with Crippen LogP contribution in [0.25, 0.3) is 0 Å². The Morgan fingerprint density at radius 2 is 1.80 bits per heavy atom. The maximum Gasteiger partial charge on any atom is 0.289 e. The fourth-order valence-corrected chi connectivity index (χ4v) is 2.98. The van der Waals surface area contributed by atoms with Crippen molar-refractivity contribution >= 4 is 21.4 Å². The number of para-hydroxylation sites is 1. The zero-order valence-corrected chi connectivity index (χ0v) is 11.4. The van der Waals surface area contributed by atoms with Gasteiger partial charge in [-0.15, -0.1) is 0 Å². The van der Waals surface area contributed by atoms with Crippen LogP contribution in [-0.4, -0.2) is 13.3 Å². The number of nitro groups is 1. The van der Waals surface area contributed by atoms with Gasteiger partial charge in [0.2, 0.25) is 0 Å². The maximum atomic E-state index is 12.2. The van der Waals surface area contributed by atoms with E-state index in [4.69, 9.17) is 0 Å². The van der Waals surface area contributed by atoms with E-state index in [1.54, 1.807) is 18.2 Å². The van der Waals surface area contributed by atoms with Gasteiger partial charge in [0.05, 0.1) is 4.92 Å². The summed E-state index contributed by atoms with van der Waals surface area (Å²) in [4.78, 5) is 9.82. The highest BCUT2D eigenvalue weighted by atomic mass is 32.2. The molecule has 0 amide bonds. The Hall–Kier alpha value is -2.41. The van der Waals surface area contributed by atoms with Crippen molar-refractivity contribution in [2.75, 3.05) is 4.72 Å². The van der Waals surface area contributed by atoms with Crippen LogP contribution in [0, 0.1) is 17.0 Å². The van der Waals surface area contributed by atoms with Gasteiger partial charge in [-0.3, -0.25) is 14.8 Å². The number of rotatable bonds is 4. The molecule has 0 bridgehead atoms. The van der Waals surface area contributed by atoms with Gasteiger partial charge in [0.1, 0.15) is 0 Å². The summed E-state index contributed by atoms with van der Waals surface area (Å²) in [7, 11) is -4.00. The predicted molar refractivity (Wildman–Crippen MR) is 75.1 cm³/mol. The van der Waals surface area contributed by atoms with Gasteiger partial charge in [-0.05, 0) is 30.7 Å². The number of hydrogen-bond acceptors (Lipinski definition) is 4. The molecule has 0 aliphatic heterocycles. The Kier molecular flexibility index (Phi) is 3.71. The second kappa shape index (κ2) is 5.30. The van der Waals surface area contributed by atoms with Gasteiger partial charge in [-0.2, -0.15) is 0 Å². The Balaban J connectivity index is 2.44. The van der Waals surface area contributed by atoms with Crippen LogP contribution in [0.1, 0.15) is 5.56 Å². The highest BCUT2D eigenvalue weighted by molar-refractivity contribution is 7.92. The smallest absolute Gasteiger partial charge is 0.279 e. The zero-order valence-electron chi connectivity index (χ0n) is 10.6. The average Bonchev–Trinajstić information content (AvgIpc) is 2.38. The van der Waals surface area contributed by atoms with Crippen LogP contribution in [0.2, 0.25) is 0 Å². The van der Waals surface area contributed by atoms with Crippen molar-refractivity contribution in [2.45, 2.75) is 11.8 Å². The second-order valence-corrected chi connectivity index (χ2v) is 5.85. The van der Waals surface area contributed by atoms with Crippen molar-refractivity contribution in [1.82, 2.24) is 0 Å². The van der Waals surface area contributed by atoms with E-state index >= 15 is 0 Å². The minimum absolute atomic E-state index is 0.355. The van der Waals surface area contributed by atoms with E-state index in [0.29, 0.717) is 5.69 Å². The van der Waals surface area contributed by atoms with Crippen molar-refractivity contribution < 1.29 is 13.3 Å². The molecule has 0 aromatic heterocycles. The van der Waals surface area contributed by atoms with Crippen LogP contribution in [-0.2, 0) is 10.0 Å². The largest absolute Gasteiger partial charge is 0.289 e. The van der Waals surface area contributed by atoms with Crippen LogP contribution >= 0.6 is 0 Å². The summed E-state index contributed by atoms with van der Waals surface area (Å²) in [6.45, 7) is 1.82. The fraction of sp³-hybridized carbons (Fsp3) is 0.0769. The monoisotopic (exact) mass is 292 g/mol. The second-order valence-electron chi connectivity index (χ2n) is 4.20. The molecule has 0 heterocycles. The highest BCUT2D eigenvalue weighted by Crippen LogP contribution is 2.25. The molecule has 6 nitrogen and oxygen atoms in total.